The second-order valence-electron chi connectivity index (χ2n) is 4.11. The van der Waals surface area contributed by atoms with Crippen molar-refractivity contribution in [2.45, 2.75) is 26.5 Å². The minimum absolute atomic E-state index is 0.526. The van der Waals surface area contributed by atoms with Gasteiger partial charge in [-0.3, -0.25) is 0 Å². The molecule has 3 heteroatoms. The van der Waals surface area contributed by atoms with E-state index in [4.69, 9.17) is 9.15 Å². The van der Waals surface area contributed by atoms with E-state index in [1.807, 2.05) is 18.2 Å². The zero-order valence-corrected chi connectivity index (χ0v) is 10.5. The van der Waals surface area contributed by atoms with E-state index < -0.39 is 0 Å². The third-order valence-electron chi connectivity index (χ3n) is 2.79. The predicted octanol–water partition coefficient (Wildman–Crippen LogP) is 3.08. The van der Waals surface area contributed by atoms with Gasteiger partial charge in [0.1, 0.15) is 18.0 Å². The molecule has 1 heterocycles. The Morgan fingerprint density at radius 1 is 1.29 bits per heavy atom. The first-order valence-corrected chi connectivity index (χ1v) is 6.05. The van der Waals surface area contributed by atoms with Gasteiger partial charge in [-0.15, -0.1) is 0 Å². The number of methoxy groups -OCH3 is 1. The van der Waals surface area contributed by atoms with Crippen LogP contribution in [0.25, 0.3) is 11.0 Å². The lowest BCUT2D eigenvalue weighted by Crippen LogP contribution is -2.14. The van der Waals surface area contributed by atoms with Crippen molar-refractivity contribution in [3.8, 4) is 0 Å². The Bertz CT molecular complexity index is 476. The summed E-state index contributed by atoms with van der Waals surface area (Å²) in [5, 5.41) is 4.60. The van der Waals surface area contributed by atoms with Crippen LogP contribution in [0.2, 0.25) is 0 Å². The quantitative estimate of drug-likeness (QED) is 0.779. The molecule has 17 heavy (non-hydrogen) atoms. The topological polar surface area (TPSA) is 34.4 Å². The molecule has 0 bridgehead atoms. The molecule has 0 fully saturated rings. The van der Waals surface area contributed by atoms with E-state index in [1.165, 1.54) is 10.9 Å². The molecule has 0 radical (unpaired) electrons. The molecule has 1 N–H and O–H groups in total. The molecule has 0 aliphatic heterocycles. The van der Waals surface area contributed by atoms with E-state index in [1.54, 1.807) is 7.11 Å². The van der Waals surface area contributed by atoms with Crippen LogP contribution >= 0.6 is 0 Å². The van der Waals surface area contributed by atoms with Gasteiger partial charge in [0.25, 0.3) is 0 Å². The van der Waals surface area contributed by atoms with Crippen molar-refractivity contribution >= 4 is 11.0 Å². The van der Waals surface area contributed by atoms with Crippen LogP contribution in [0.1, 0.15) is 24.7 Å². The first kappa shape index (κ1) is 12.1. The van der Waals surface area contributed by atoms with Gasteiger partial charge in [0.15, 0.2) is 0 Å². The van der Waals surface area contributed by atoms with Gasteiger partial charge in [0, 0.05) is 24.6 Å². The number of benzene rings is 1. The summed E-state index contributed by atoms with van der Waals surface area (Å²) >= 11 is 0. The van der Waals surface area contributed by atoms with Gasteiger partial charge < -0.3 is 14.5 Å². The van der Waals surface area contributed by atoms with Gasteiger partial charge in [0.2, 0.25) is 0 Å². The van der Waals surface area contributed by atoms with Crippen molar-refractivity contribution in [1.29, 1.82) is 0 Å². The van der Waals surface area contributed by atoms with Crippen molar-refractivity contribution in [3.63, 3.8) is 0 Å². The highest BCUT2D eigenvalue weighted by Crippen LogP contribution is 2.26. The van der Waals surface area contributed by atoms with Crippen LogP contribution in [0.15, 0.2) is 28.7 Å². The molecule has 0 saturated carbocycles. The number of para-hydroxylation sites is 1. The molecule has 0 amide bonds. The van der Waals surface area contributed by atoms with Crippen molar-refractivity contribution in [1.82, 2.24) is 5.32 Å². The van der Waals surface area contributed by atoms with Gasteiger partial charge >= 0.3 is 0 Å². The Balaban J connectivity index is 2.30. The van der Waals surface area contributed by atoms with Gasteiger partial charge in [-0.2, -0.15) is 0 Å². The zero-order chi connectivity index (χ0) is 12.1. The molecule has 0 unspecified atom stereocenters. The van der Waals surface area contributed by atoms with E-state index in [2.05, 4.69) is 18.3 Å². The maximum absolute atomic E-state index is 5.81. The standard InChI is InChI=1S/C14H19NO2/c1-3-8-15-9-12-11-6-4-5-7-13(11)17-14(12)10-16-2/h4-7,15H,3,8-10H2,1-2H3. The monoisotopic (exact) mass is 233 g/mol. The predicted molar refractivity (Wildman–Crippen MR) is 68.9 cm³/mol. The molecule has 0 spiro atoms. The van der Waals surface area contributed by atoms with Crippen LogP contribution in [-0.4, -0.2) is 13.7 Å². The molecule has 1 aromatic heterocycles. The Hall–Kier alpha value is -1.32. The van der Waals surface area contributed by atoms with Crippen molar-refractivity contribution in [2.75, 3.05) is 13.7 Å². The Kier molecular flexibility index (Phi) is 4.18. The van der Waals surface area contributed by atoms with Crippen LogP contribution in [0.5, 0.6) is 0 Å². The van der Waals surface area contributed by atoms with Crippen LogP contribution < -0.4 is 5.32 Å². The normalized spacial score (nSPS) is 11.2. The molecule has 1 aromatic carbocycles. The minimum Gasteiger partial charge on any atom is -0.458 e. The molecule has 0 aliphatic carbocycles. The fourth-order valence-electron chi connectivity index (χ4n) is 1.98. The summed E-state index contributed by atoms with van der Waals surface area (Å²) in [7, 11) is 1.69. The molecular formula is C14H19NO2. The van der Waals surface area contributed by atoms with E-state index in [-0.39, 0.29) is 0 Å². The summed E-state index contributed by atoms with van der Waals surface area (Å²) in [5.41, 5.74) is 2.16. The first-order valence-electron chi connectivity index (χ1n) is 6.05. The van der Waals surface area contributed by atoms with E-state index >= 15 is 0 Å². The molecule has 0 aliphatic rings. The summed E-state index contributed by atoms with van der Waals surface area (Å²) < 4.78 is 11.0. The second kappa shape index (κ2) is 5.84. The van der Waals surface area contributed by atoms with Crippen LogP contribution in [0.3, 0.4) is 0 Å². The number of ether oxygens (including phenoxy) is 1. The Morgan fingerprint density at radius 2 is 2.12 bits per heavy atom. The smallest absolute Gasteiger partial charge is 0.135 e. The molecule has 3 nitrogen and oxygen atoms in total. The molecule has 0 saturated heterocycles. The second-order valence-corrected chi connectivity index (χ2v) is 4.11. The van der Waals surface area contributed by atoms with Gasteiger partial charge in [-0.05, 0) is 19.0 Å². The van der Waals surface area contributed by atoms with E-state index in [9.17, 15) is 0 Å². The van der Waals surface area contributed by atoms with Gasteiger partial charge in [-0.25, -0.2) is 0 Å². The average Bonchev–Trinajstić information content (AvgIpc) is 2.69. The summed E-state index contributed by atoms with van der Waals surface area (Å²) in [6, 6.07) is 8.13. The first-order chi connectivity index (χ1) is 8.36. The van der Waals surface area contributed by atoms with Crippen molar-refractivity contribution < 1.29 is 9.15 Å². The molecule has 92 valence electrons. The SMILES string of the molecule is CCCNCc1c(COC)oc2ccccc12. The largest absolute Gasteiger partial charge is 0.458 e. The van der Waals surface area contributed by atoms with Crippen LogP contribution in [-0.2, 0) is 17.9 Å². The summed E-state index contributed by atoms with van der Waals surface area (Å²) in [6.07, 6.45) is 1.13. The van der Waals surface area contributed by atoms with E-state index in [0.29, 0.717) is 6.61 Å². The third-order valence-corrected chi connectivity index (χ3v) is 2.79. The molecule has 2 aromatic rings. The van der Waals surface area contributed by atoms with Crippen LogP contribution in [0, 0.1) is 0 Å². The maximum atomic E-state index is 5.81. The summed E-state index contributed by atoms with van der Waals surface area (Å²) in [5.74, 6) is 0.928. The van der Waals surface area contributed by atoms with Crippen LogP contribution in [0.4, 0.5) is 0 Å². The highest BCUT2D eigenvalue weighted by Gasteiger charge is 2.12. The zero-order valence-electron chi connectivity index (χ0n) is 10.5. The third kappa shape index (κ3) is 2.68. The number of fused-ring (bicyclic) bond motifs is 1. The number of hydrogen-bond acceptors (Lipinski definition) is 3. The molecular weight excluding hydrogens is 214 g/mol. The lowest BCUT2D eigenvalue weighted by molar-refractivity contribution is 0.165. The highest BCUT2D eigenvalue weighted by atomic mass is 16.5. The molecule has 2 rings (SSSR count). The fraction of sp³-hybridized carbons (Fsp3) is 0.429. The number of rotatable bonds is 6. The Labute approximate surface area is 102 Å². The lowest BCUT2D eigenvalue weighted by atomic mass is 10.1. The van der Waals surface area contributed by atoms with Gasteiger partial charge in [-0.1, -0.05) is 25.1 Å². The lowest BCUT2D eigenvalue weighted by Gasteiger charge is -2.04. The summed E-state index contributed by atoms with van der Waals surface area (Å²) in [4.78, 5) is 0. The van der Waals surface area contributed by atoms with Crippen molar-refractivity contribution in [2.24, 2.45) is 0 Å². The number of nitrogens with one attached hydrogen (secondary N) is 1. The van der Waals surface area contributed by atoms with Gasteiger partial charge in [0.05, 0.1) is 0 Å². The highest BCUT2D eigenvalue weighted by molar-refractivity contribution is 5.82. The Morgan fingerprint density at radius 3 is 2.88 bits per heavy atom. The number of furan rings is 1. The summed E-state index contributed by atoms with van der Waals surface area (Å²) in [6.45, 7) is 4.55. The van der Waals surface area contributed by atoms with E-state index in [0.717, 1.165) is 30.9 Å². The average molecular weight is 233 g/mol. The number of hydrogen-bond donors (Lipinski definition) is 1. The van der Waals surface area contributed by atoms with Crippen molar-refractivity contribution in [3.05, 3.63) is 35.6 Å². The maximum Gasteiger partial charge on any atom is 0.135 e. The molecule has 0 atom stereocenters. The fourth-order valence-corrected chi connectivity index (χ4v) is 1.98. The minimum atomic E-state index is 0.526.